The summed E-state index contributed by atoms with van der Waals surface area (Å²) in [6.45, 7) is 0. The fourth-order valence-corrected chi connectivity index (χ4v) is 2.10. The van der Waals surface area contributed by atoms with E-state index in [0.717, 1.165) is 12.8 Å². The Bertz CT molecular complexity index is 416. The van der Waals surface area contributed by atoms with Crippen LogP contribution in [-0.2, 0) is 0 Å². The van der Waals surface area contributed by atoms with Crippen molar-refractivity contribution in [1.29, 1.82) is 0 Å². The molecule has 0 radical (unpaired) electrons. The highest BCUT2D eigenvalue weighted by molar-refractivity contribution is 5.93. The van der Waals surface area contributed by atoms with Gasteiger partial charge in [-0.2, -0.15) is 0 Å². The molecule has 92 valence electrons. The Morgan fingerprint density at radius 1 is 1.35 bits per heavy atom. The van der Waals surface area contributed by atoms with Crippen LogP contribution in [0, 0.1) is 0 Å². The van der Waals surface area contributed by atoms with Crippen molar-refractivity contribution in [3.05, 3.63) is 11.6 Å². The minimum Gasteiger partial charge on any atom is -0.478 e. The molecule has 0 saturated heterocycles. The SMILES string of the molecule is Nc1nnc(NC2CCCCC2)cc1C(=O)O. The van der Waals surface area contributed by atoms with Crippen molar-refractivity contribution in [2.24, 2.45) is 0 Å². The van der Waals surface area contributed by atoms with Gasteiger partial charge in [0.15, 0.2) is 5.82 Å². The van der Waals surface area contributed by atoms with Crippen molar-refractivity contribution < 1.29 is 9.90 Å². The number of nitrogens with two attached hydrogens (primary N) is 1. The zero-order chi connectivity index (χ0) is 12.3. The zero-order valence-electron chi connectivity index (χ0n) is 9.52. The summed E-state index contributed by atoms with van der Waals surface area (Å²) < 4.78 is 0. The van der Waals surface area contributed by atoms with Crippen LogP contribution in [-0.4, -0.2) is 27.3 Å². The van der Waals surface area contributed by atoms with Gasteiger partial charge in [0.1, 0.15) is 11.4 Å². The highest BCUT2D eigenvalue weighted by Crippen LogP contribution is 2.21. The third kappa shape index (κ3) is 2.83. The first-order valence-electron chi connectivity index (χ1n) is 5.80. The number of carbonyl (C=O) groups is 1. The lowest BCUT2D eigenvalue weighted by atomic mass is 9.95. The van der Waals surface area contributed by atoms with Crippen molar-refractivity contribution in [2.45, 2.75) is 38.1 Å². The molecule has 0 amide bonds. The molecule has 4 N–H and O–H groups in total. The minimum atomic E-state index is -1.08. The van der Waals surface area contributed by atoms with Crippen molar-refractivity contribution >= 4 is 17.6 Å². The monoisotopic (exact) mass is 236 g/mol. The van der Waals surface area contributed by atoms with E-state index < -0.39 is 5.97 Å². The molecule has 0 aromatic carbocycles. The van der Waals surface area contributed by atoms with Crippen LogP contribution in [0.25, 0.3) is 0 Å². The van der Waals surface area contributed by atoms with Gasteiger partial charge in [-0.3, -0.25) is 0 Å². The molecular weight excluding hydrogens is 220 g/mol. The predicted molar refractivity (Wildman–Crippen MR) is 63.9 cm³/mol. The number of hydrogen-bond donors (Lipinski definition) is 3. The summed E-state index contributed by atoms with van der Waals surface area (Å²) in [5.41, 5.74) is 5.44. The summed E-state index contributed by atoms with van der Waals surface area (Å²) >= 11 is 0. The third-order valence-corrected chi connectivity index (χ3v) is 3.01. The smallest absolute Gasteiger partial charge is 0.339 e. The molecule has 0 atom stereocenters. The maximum Gasteiger partial charge on any atom is 0.339 e. The highest BCUT2D eigenvalue weighted by Gasteiger charge is 2.16. The van der Waals surface area contributed by atoms with E-state index in [1.54, 1.807) is 0 Å². The van der Waals surface area contributed by atoms with Gasteiger partial charge in [0, 0.05) is 12.1 Å². The van der Waals surface area contributed by atoms with Gasteiger partial charge in [0.2, 0.25) is 0 Å². The largest absolute Gasteiger partial charge is 0.478 e. The Morgan fingerprint density at radius 2 is 2.06 bits per heavy atom. The maximum absolute atomic E-state index is 10.9. The van der Waals surface area contributed by atoms with Gasteiger partial charge in [-0.1, -0.05) is 19.3 Å². The van der Waals surface area contributed by atoms with Crippen LogP contribution < -0.4 is 11.1 Å². The van der Waals surface area contributed by atoms with E-state index >= 15 is 0 Å². The second-order valence-corrected chi connectivity index (χ2v) is 4.31. The van der Waals surface area contributed by atoms with Crippen molar-refractivity contribution in [2.75, 3.05) is 11.1 Å². The van der Waals surface area contributed by atoms with Crippen molar-refractivity contribution in [1.82, 2.24) is 10.2 Å². The molecule has 1 fully saturated rings. The van der Waals surface area contributed by atoms with E-state index in [9.17, 15) is 4.79 Å². The Balaban J connectivity index is 2.10. The Kier molecular flexibility index (Phi) is 3.41. The van der Waals surface area contributed by atoms with E-state index in [4.69, 9.17) is 10.8 Å². The number of carboxylic acid groups (broad SMARTS) is 1. The molecule has 1 aliphatic carbocycles. The minimum absolute atomic E-state index is 0.00157. The molecule has 0 unspecified atom stereocenters. The van der Waals surface area contributed by atoms with Crippen molar-refractivity contribution in [3.8, 4) is 0 Å². The zero-order valence-corrected chi connectivity index (χ0v) is 9.52. The molecule has 0 aliphatic heterocycles. The Morgan fingerprint density at radius 3 is 2.71 bits per heavy atom. The van der Waals surface area contributed by atoms with Gasteiger partial charge in [0.25, 0.3) is 0 Å². The topological polar surface area (TPSA) is 101 Å². The lowest BCUT2D eigenvalue weighted by Crippen LogP contribution is -2.23. The van der Waals surface area contributed by atoms with E-state index in [0.29, 0.717) is 11.9 Å². The number of anilines is 2. The average Bonchev–Trinajstić information content (AvgIpc) is 2.32. The number of nitrogens with zero attached hydrogens (tertiary/aromatic N) is 2. The summed E-state index contributed by atoms with van der Waals surface area (Å²) in [7, 11) is 0. The fraction of sp³-hybridized carbons (Fsp3) is 0.545. The summed E-state index contributed by atoms with van der Waals surface area (Å²) in [5.74, 6) is -0.640. The first-order chi connectivity index (χ1) is 8.16. The number of rotatable bonds is 3. The molecule has 6 nitrogen and oxygen atoms in total. The Hall–Kier alpha value is -1.85. The number of aromatic nitrogens is 2. The number of hydrogen-bond acceptors (Lipinski definition) is 5. The van der Waals surface area contributed by atoms with Crippen LogP contribution in [0.5, 0.6) is 0 Å². The summed E-state index contributed by atoms with van der Waals surface area (Å²) in [6, 6.07) is 1.81. The van der Waals surface area contributed by atoms with E-state index in [-0.39, 0.29) is 11.4 Å². The molecular formula is C11H16N4O2. The van der Waals surface area contributed by atoms with Gasteiger partial charge in [0.05, 0.1) is 0 Å². The van der Waals surface area contributed by atoms with Crippen LogP contribution >= 0.6 is 0 Å². The van der Waals surface area contributed by atoms with Gasteiger partial charge in [-0.05, 0) is 12.8 Å². The molecule has 0 bridgehead atoms. The first kappa shape index (κ1) is 11.6. The van der Waals surface area contributed by atoms with Crippen LogP contribution in [0.15, 0.2) is 6.07 Å². The molecule has 2 rings (SSSR count). The number of carboxylic acids is 1. The van der Waals surface area contributed by atoms with Crippen LogP contribution in [0.3, 0.4) is 0 Å². The van der Waals surface area contributed by atoms with Crippen molar-refractivity contribution in [3.63, 3.8) is 0 Å². The molecule has 6 heteroatoms. The van der Waals surface area contributed by atoms with E-state index in [2.05, 4.69) is 15.5 Å². The molecule has 1 heterocycles. The van der Waals surface area contributed by atoms with Gasteiger partial charge in [-0.25, -0.2) is 4.79 Å². The van der Waals surface area contributed by atoms with Crippen LogP contribution in [0.4, 0.5) is 11.6 Å². The van der Waals surface area contributed by atoms with Gasteiger partial charge >= 0.3 is 5.97 Å². The average molecular weight is 236 g/mol. The lowest BCUT2D eigenvalue weighted by Gasteiger charge is -2.23. The van der Waals surface area contributed by atoms with Crippen LogP contribution in [0.2, 0.25) is 0 Å². The highest BCUT2D eigenvalue weighted by atomic mass is 16.4. The van der Waals surface area contributed by atoms with E-state index in [1.165, 1.54) is 25.3 Å². The summed E-state index contributed by atoms with van der Waals surface area (Å²) in [4.78, 5) is 10.9. The fourth-order valence-electron chi connectivity index (χ4n) is 2.10. The number of nitrogens with one attached hydrogen (secondary N) is 1. The summed E-state index contributed by atoms with van der Waals surface area (Å²) in [5, 5.41) is 19.6. The molecule has 17 heavy (non-hydrogen) atoms. The standard InChI is InChI=1S/C11H16N4O2/c12-10-8(11(16)17)6-9(14-15-10)13-7-4-2-1-3-5-7/h6-7H,1-5H2,(H2,12,15)(H,13,14)(H,16,17). The third-order valence-electron chi connectivity index (χ3n) is 3.01. The molecule has 1 aromatic heterocycles. The number of nitrogen functional groups attached to an aromatic ring is 1. The molecule has 0 spiro atoms. The first-order valence-corrected chi connectivity index (χ1v) is 5.80. The molecule has 1 saturated carbocycles. The predicted octanol–water partition coefficient (Wildman–Crippen LogP) is 1.50. The summed E-state index contributed by atoms with van der Waals surface area (Å²) in [6.07, 6.45) is 5.85. The van der Waals surface area contributed by atoms with Crippen LogP contribution in [0.1, 0.15) is 42.5 Å². The molecule has 1 aliphatic rings. The second kappa shape index (κ2) is 4.99. The lowest BCUT2D eigenvalue weighted by molar-refractivity contribution is 0.0697. The van der Waals surface area contributed by atoms with Gasteiger partial charge in [-0.15, -0.1) is 10.2 Å². The maximum atomic E-state index is 10.9. The Labute approximate surface area is 99.2 Å². The quantitative estimate of drug-likeness (QED) is 0.735. The number of aromatic carboxylic acids is 1. The second-order valence-electron chi connectivity index (χ2n) is 4.31. The van der Waals surface area contributed by atoms with E-state index in [1.807, 2.05) is 0 Å². The molecule has 1 aromatic rings. The van der Waals surface area contributed by atoms with Gasteiger partial charge < -0.3 is 16.2 Å². The normalized spacial score (nSPS) is 16.7.